The van der Waals surface area contributed by atoms with Crippen LogP contribution in [0.15, 0.2) is 48.5 Å². The zero-order chi connectivity index (χ0) is 23.6. The molecule has 0 unspecified atom stereocenters. The van der Waals surface area contributed by atoms with Gasteiger partial charge in [0.15, 0.2) is 0 Å². The maximum absolute atomic E-state index is 12.2. The van der Waals surface area contributed by atoms with Crippen molar-refractivity contribution in [2.45, 2.75) is 59.6 Å². The molecule has 1 heterocycles. The van der Waals surface area contributed by atoms with Gasteiger partial charge in [-0.15, -0.1) is 0 Å². The first-order valence-corrected chi connectivity index (χ1v) is 11.9. The molecular weight excluding hydrogens is 424 g/mol. The Kier molecular flexibility index (Phi) is 10.3. The number of carbonyl (C=O) groups is 1. The van der Waals surface area contributed by atoms with Gasteiger partial charge in [-0.2, -0.15) is 0 Å². The number of nitrogens with one attached hydrogen (secondary N) is 1. The Morgan fingerprint density at radius 2 is 1.75 bits per heavy atom. The Balaban J connectivity index is 0.00000176. The van der Waals surface area contributed by atoms with Crippen molar-refractivity contribution in [2.75, 3.05) is 19.6 Å². The molecule has 32 heavy (non-hydrogen) atoms. The fourth-order valence-electron chi connectivity index (χ4n) is 3.46. The number of rotatable bonds is 6. The van der Waals surface area contributed by atoms with E-state index in [1.807, 2.05) is 88.0 Å². The van der Waals surface area contributed by atoms with Crippen LogP contribution in [0.2, 0.25) is 5.02 Å². The number of hydrogen-bond acceptors (Lipinski definition) is 4. The Hall–Kier alpha value is -2.24. The van der Waals surface area contributed by atoms with E-state index < -0.39 is 5.60 Å². The summed E-state index contributed by atoms with van der Waals surface area (Å²) < 4.78 is 11.5. The molecule has 0 atom stereocenters. The molecule has 0 saturated carbocycles. The van der Waals surface area contributed by atoms with E-state index in [1.165, 1.54) is 0 Å². The minimum absolute atomic E-state index is 0.212. The van der Waals surface area contributed by atoms with Gasteiger partial charge in [-0.1, -0.05) is 43.6 Å². The smallest absolute Gasteiger partial charge is 0.410 e. The average molecular weight is 461 g/mol. The van der Waals surface area contributed by atoms with Gasteiger partial charge in [0.1, 0.15) is 17.1 Å². The Bertz CT molecular complexity index is 829. The van der Waals surface area contributed by atoms with Crippen molar-refractivity contribution in [3.8, 4) is 11.5 Å². The lowest BCUT2D eigenvalue weighted by atomic mass is 9.97. The fraction of sp³-hybridized carbons (Fsp3) is 0.500. The largest absolute Gasteiger partial charge is 0.457 e. The van der Waals surface area contributed by atoms with Crippen molar-refractivity contribution in [2.24, 2.45) is 5.92 Å². The number of hydrogen-bond donors (Lipinski definition) is 1. The summed E-state index contributed by atoms with van der Waals surface area (Å²) in [6.07, 6.45) is 1.72. The number of likely N-dealkylation sites (tertiary alicyclic amines) is 1. The molecule has 0 aliphatic carbocycles. The quantitative estimate of drug-likeness (QED) is 0.509. The van der Waals surface area contributed by atoms with Gasteiger partial charge < -0.3 is 19.7 Å². The molecule has 1 saturated heterocycles. The van der Waals surface area contributed by atoms with Crippen LogP contribution in [-0.2, 0) is 11.3 Å². The van der Waals surface area contributed by atoms with Crippen molar-refractivity contribution < 1.29 is 14.3 Å². The first kappa shape index (κ1) is 26.0. The van der Waals surface area contributed by atoms with E-state index in [9.17, 15) is 4.79 Å². The summed E-state index contributed by atoms with van der Waals surface area (Å²) in [5, 5.41) is 4.23. The van der Waals surface area contributed by atoms with Crippen LogP contribution in [0.3, 0.4) is 0 Å². The summed E-state index contributed by atoms with van der Waals surface area (Å²) in [4.78, 5) is 14.0. The highest BCUT2D eigenvalue weighted by molar-refractivity contribution is 6.30. The molecular formula is C26H37ClN2O3. The molecule has 1 aliphatic rings. The van der Waals surface area contributed by atoms with E-state index in [2.05, 4.69) is 5.32 Å². The summed E-state index contributed by atoms with van der Waals surface area (Å²) in [5.41, 5.74) is 0.573. The summed E-state index contributed by atoms with van der Waals surface area (Å²) in [6.45, 7) is 12.7. The fourth-order valence-corrected chi connectivity index (χ4v) is 3.65. The van der Waals surface area contributed by atoms with Gasteiger partial charge in [0.2, 0.25) is 0 Å². The van der Waals surface area contributed by atoms with Crippen molar-refractivity contribution in [3.63, 3.8) is 0 Å². The zero-order valence-corrected chi connectivity index (χ0v) is 20.7. The molecule has 5 nitrogen and oxygen atoms in total. The van der Waals surface area contributed by atoms with Gasteiger partial charge in [0, 0.05) is 30.2 Å². The van der Waals surface area contributed by atoms with Crippen molar-refractivity contribution in [1.29, 1.82) is 0 Å². The van der Waals surface area contributed by atoms with Crippen molar-refractivity contribution >= 4 is 17.7 Å². The number of ether oxygens (including phenoxy) is 2. The first-order chi connectivity index (χ1) is 15.3. The van der Waals surface area contributed by atoms with Crippen LogP contribution >= 0.6 is 11.6 Å². The zero-order valence-electron chi connectivity index (χ0n) is 20.0. The van der Waals surface area contributed by atoms with E-state index in [-0.39, 0.29) is 6.09 Å². The van der Waals surface area contributed by atoms with Crippen LogP contribution in [0.1, 0.15) is 53.0 Å². The molecule has 1 aliphatic heterocycles. The monoisotopic (exact) mass is 460 g/mol. The second-order valence-corrected chi connectivity index (χ2v) is 9.15. The van der Waals surface area contributed by atoms with Crippen molar-refractivity contribution in [3.05, 3.63) is 59.1 Å². The number of benzene rings is 2. The normalized spacial score (nSPS) is 14.4. The number of piperidine rings is 1. The van der Waals surface area contributed by atoms with E-state index >= 15 is 0 Å². The minimum Gasteiger partial charge on any atom is -0.457 e. The number of para-hydroxylation sites is 1. The van der Waals surface area contributed by atoms with Gasteiger partial charge in [-0.05, 0) is 76.4 Å². The highest BCUT2D eigenvalue weighted by Gasteiger charge is 2.26. The molecule has 1 N–H and O–H groups in total. The first-order valence-electron chi connectivity index (χ1n) is 11.5. The minimum atomic E-state index is -0.452. The van der Waals surface area contributed by atoms with Gasteiger partial charge in [-0.3, -0.25) is 0 Å². The summed E-state index contributed by atoms with van der Waals surface area (Å²) >= 11 is 6.21. The molecule has 2 aromatic rings. The molecule has 0 aromatic heterocycles. The highest BCUT2D eigenvalue weighted by Crippen LogP contribution is 2.28. The molecule has 3 rings (SSSR count). The van der Waals surface area contributed by atoms with E-state index in [0.717, 1.165) is 49.5 Å². The van der Waals surface area contributed by atoms with Crippen LogP contribution < -0.4 is 10.1 Å². The molecule has 1 fully saturated rings. The molecule has 6 heteroatoms. The van der Waals surface area contributed by atoms with Crippen LogP contribution in [0.25, 0.3) is 0 Å². The third kappa shape index (κ3) is 8.71. The topological polar surface area (TPSA) is 50.8 Å². The van der Waals surface area contributed by atoms with Crippen molar-refractivity contribution in [1.82, 2.24) is 10.2 Å². The standard InChI is InChI=1S/C24H31ClN2O3.C2H6/c1-24(2,3)30-23(28)27-13-11-18(12-14-27)16-26-17-19-15-20(25)9-10-22(19)29-21-7-5-4-6-8-21;1-2/h4-10,15,18,26H,11-14,16-17H2,1-3H3;1-2H3. The van der Waals surface area contributed by atoms with Crippen LogP contribution in [0.5, 0.6) is 11.5 Å². The lowest BCUT2D eigenvalue weighted by Crippen LogP contribution is -2.43. The number of carbonyl (C=O) groups excluding carboxylic acids is 1. The third-order valence-corrected chi connectivity index (χ3v) is 5.24. The molecule has 0 bridgehead atoms. The van der Waals surface area contributed by atoms with Crippen LogP contribution in [0.4, 0.5) is 4.79 Å². The molecule has 1 amide bonds. The van der Waals surface area contributed by atoms with Crippen LogP contribution in [0, 0.1) is 5.92 Å². The van der Waals surface area contributed by atoms with Gasteiger partial charge in [-0.25, -0.2) is 4.79 Å². The lowest BCUT2D eigenvalue weighted by Gasteiger charge is -2.33. The Morgan fingerprint density at radius 3 is 2.38 bits per heavy atom. The predicted octanol–water partition coefficient (Wildman–Crippen LogP) is 6.90. The SMILES string of the molecule is CC.CC(C)(C)OC(=O)N1CCC(CNCc2cc(Cl)ccc2Oc2ccccc2)CC1. The van der Waals surface area contributed by atoms with E-state index in [0.29, 0.717) is 17.5 Å². The van der Waals surface area contributed by atoms with Crippen LogP contribution in [-0.4, -0.2) is 36.2 Å². The summed E-state index contributed by atoms with van der Waals surface area (Å²) in [6, 6.07) is 15.4. The highest BCUT2D eigenvalue weighted by atomic mass is 35.5. The second kappa shape index (κ2) is 12.7. The number of amides is 1. The number of nitrogens with zero attached hydrogens (tertiary/aromatic N) is 1. The maximum Gasteiger partial charge on any atom is 0.410 e. The van der Waals surface area contributed by atoms with Gasteiger partial charge in [0.25, 0.3) is 0 Å². The predicted molar refractivity (Wildman–Crippen MR) is 132 cm³/mol. The molecule has 0 spiro atoms. The lowest BCUT2D eigenvalue weighted by molar-refractivity contribution is 0.0184. The Morgan fingerprint density at radius 1 is 1.09 bits per heavy atom. The summed E-state index contributed by atoms with van der Waals surface area (Å²) in [7, 11) is 0. The second-order valence-electron chi connectivity index (χ2n) is 8.71. The van der Waals surface area contributed by atoms with E-state index in [1.54, 1.807) is 0 Å². The summed E-state index contributed by atoms with van der Waals surface area (Å²) in [5.74, 6) is 2.13. The van der Waals surface area contributed by atoms with Gasteiger partial charge >= 0.3 is 6.09 Å². The number of halogens is 1. The maximum atomic E-state index is 12.2. The third-order valence-electron chi connectivity index (χ3n) is 5.01. The Labute approximate surface area is 198 Å². The molecule has 176 valence electrons. The molecule has 2 aromatic carbocycles. The van der Waals surface area contributed by atoms with E-state index in [4.69, 9.17) is 21.1 Å². The molecule has 0 radical (unpaired) electrons. The van der Waals surface area contributed by atoms with Gasteiger partial charge in [0.05, 0.1) is 0 Å². The average Bonchev–Trinajstić information content (AvgIpc) is 2.77.